The second kappa shape index (κ2) is 7.51. The molecule has 23 heavy (non-hydrogen) atoms. The Bertz CT molecular complexity index is 638. The summed E-state index contributed by atoms with van der Waals surface area (Å²) < 4.78 is 43.3. The van der Waals surface area contributed by atoms with Crippen LogP contribution in [0.3, 0.4) is 0 Å². The molecule has 2 aromatic carbocycles. The molecule has 1 N–H and O–H groups in total. The molecule has 0 aromatic heterocycles. The largest absolute Gasteiger partial charge is 0.496 e. The summed E-state index contributed by atoms with van der Waals surface area (Å²) in [5.74, 6) is 0.779. The van der Waals surface area contributed by atoms with E-state index in [1.165, 1.54) is 12.1 Å². The number of para-hydroxylation sites is 1. The van der Waals surface area contributed by atoms with Crippen molar-refractivity contribution in [3.63, 3.8) is 0 Å². The molecule has 0 radical (unpaired) electrons. The smallest absolute Gasteiger partial charge is 0.416 e. The van der Waals surface area contributed by atoms with Crippen molar-refractivity contribution in [2.24, 2.45) is 0 Å². The number of methoxy groups -OCH3 is 1. The maximum Gasteiger partial charge on any atom is 0.416 e. The molecular formula is C18H19F3O2. The average molecular weight is 324 g/mol. The number of halogens is 3. The van der Waals surface area contributed by atoms with Crippen LogP contribution in [0.2, 0.25) is 0 Å². The van der Waals surface area contributed by atoms with E-state index in [1.807, 2.05) is 24.3 Å². The number of ether oxygens (including phenoxy) is 1. The third kappa shape index (κ3) is 4.73. The van der Waals surface area contributed by atoms with E-state index < -0.39 is 17.8 Å². The Hall–Kier alpha value is -2.01. The standard InChI is InChI=1S/C18H19F3O2/c1-23-17-11-3-2-6-13(17)7-5-10-16(22)14-8-4-9-15(12-14)18(19,20)21/h2-4,6,8-9,11-12,16,22H,5,7,10H2,1H3/t16-/m0/s1. The summed E-state index contributed by atoms with van der Waals surface area (Å²) in [6, 6.07) is 12.4. The van der Waals surface area contributed by atoms with Gasteiger partial charge < -0.3 is 9.84 Å². The molecule has 2 aromatic rings. The zero-order valence-corrected chi connectivity index (χ0v) is 12.8. The highest BCUT2D eigenvalue weighted by Gasteiger charge is 2.30. The number of alkyl halides is 3. The van der Waals surface area contributed by atoms with Crippen LogP contribution in [-0.2, 0) is 12.6 Å². The Kier molecular flexibility index (Phi) is 5.66. The summed E-state index contributed by atoms with van der Waals surface area (Å²) >= 11 is 0. The molecule has 124 valence electrons. The van der Waals surface area contributed by atoms with Gasteiger partial charge in [0.15, 0.2) is 0 Å². The minimum absolute atomic E-state index is 0.292. The molecule has 0 heterocycles. The van der Waals surface area contributed by atoms with Crippen LogP contribution in [0, 0.1) is 0 Å². The van der Waals surface area contributed by atoms with Gasteiger partial charge in [0, 0.05) is 0 Å². The van der Waals surface area contributed by atoms with Crippen LogP contribution >= 0.6 is 0 Å². The number of aryl methyl sites for hydroxylation is 1. The van der Waals surface area contributed by atoms with E-state index in [0.717, 1.165) is 23.4 Å². The second-order valence-electron chi connectivity index (χ2n) is 5.34. The first kappa shape index (κ1) is 17.3. The van der Waals surface area contributed by atoms with Crippen LogP contribution in [0.1, 0.15) is 35.6 Å². The second-order valence-corrected chi connectivity index (χ2v) is 5.34. The SMILES string of the molecule is COc1ccccc1CCC[C@H](O)c1cccc(C(F)(F)F)c1. The zero-order valence-electron chi connectivity index (χ0n) is 12.8. The van der Waals surface area contributed by atoms with E-state index in [2.05, 4.69) is 0 Å². The van der Waals surface area contributed by atoms with Crippen LogP contribution in [0.25, 0.3) is 0 Å². The lowest BCUT2D eigenvalue weighted by molar-refractivity contribution is -0.137. The van der Waals surface area contributed by atoms with Crippen molar-refractivity contribution < 1.29 is 23.0 Å². The topological polar surface area (TPSA) is 29.5 Å². The molecule has 0 spiro atoms. The fraction of sp³-hybridized carbons (Fsp3) is 0.333. The Morgan fingerprint density at radius 2 is 1.83 bits per heavy atom. The van der Waals surface area contributed by atoms with Crippen molar-refractivity contribution in [1.82, 2.24) is 0 Å². The molecule has 0 aliphatic heterocycles. The molecule has 0 saturated heterocycles. The van der Waals surface area contributed by atoms with Gasteiger partial charge in [0.25, 0.3) is 0 Å². The zero-order chi connectivity index (χ0) is 16.9. The van der Waals surface area contributed by atoms with Gasteiger partial charge in [-0.2, -0.15) is 13.2 Å². The lowest BCUT2D eigenvalue weighted by Crippen LogP contribution is -2.07. The highest BCUT2D eigenvalue weighted by atomic mass is 19.4. The monoisotopic (exact) mass is 324 g/mol. The lowest BCUT2D eigenvalue weighted by Gasteiger charge is -2.14. The van der Waals surface area contributed by atoms with Crippen molar-refractivity contribution in [2.45, 2.75) is 31.5 Å². The van der Waals surface area contributed by atoms with Gasteiger partial charge in [-0.3, -0.25) is 0 Å². The van der Waals surface area contributed by atoms with Crippen LogP contribution in [-0.4, -0.2) is 12.2 Å². The molecular weight excluding hydrogens is 305 g/mol. The Balaban J connectivity index is 1.96. The lowest BCUT2D eigenvalue weighted by atomic mass is 9.99. The summed E-state index contributed by atoms with van der Waals surface area (Å²) in [5, 5.41) is 10.1. The first-order chi connectivity index (χ1) is 10.9. The first-order valence-corrected chi connectivity index (χ1v) is 7.39. The van der Waals surface area contributed by atoms with Gasteiger partial charge in [-0.1, -0.05) is 30.3 Å². The summed E-state index contributed by atoms with van der Waals surface area (Å²) in [6.07, 6.45) is -3.57. The van der Waals surface area contributed by atoms with Crippen LogP contribution < -0.4 is 4.74 Å². The fourth-order valence-electron chi connectivity index (χ4n) is 2.48. The Labute approximate surface area is 133 Å². The Morgan fingerprint density at radius 1 is 1.09 bits per heavy atom. The predicted octanol–water partition coefficient (Wildman–Crippen LogP) is 4.77. The van der Waals surface area contributed by atoms with E-state index in [1.54, 1.807) is 7.11 Å². The minimum Gasteiger partial charge on any atom is -0.496 e. The third-order valence-electron chi connectivity index (χ3n) is 3.71. The molecule has 0 fully saturated rings. The third-order valence-corrected chi connectivity index (χ3v) is 3.71. The van der Waals surface area contributed by atoms with Crippen LogP contribution in [0.5, 0.6) is 5.75 Å². The van der Waals surface area contributed by atoms with Gasteiger partial charge >= 0.3 is 6.18 Å². The Morgan fingerprint density at radius 3 is 2.52 bits per heavy atom. The van der Waals surface area contributed by atoms with Crippen LogP contribution in [0.4, 0.5) is 13.2 Å². The van der Waals surface area contributed by atoms with Crippen LogP contribution in [0.15, 0.2) is 48.5 Å². The molecule has 0 aliphatic carbocycles. The molecule has 0 aliphatic rings. The van der Waals surface area contributed by atoms with E-state index in [-0.39, 0.29) is 0 Å². The van der Waals surface area contributed by atoms with Crippen molar-refractivity contribution >= 4 is 0 Å². The van der Waals surface area contributed by atoms with E-state index in [4.69, 9.17) is 4.74 Å². The normalized spacial score (nSPS) is 12.9. The number of benzene rings is 2. The van der Waals surface area contributed by atoms with Gasteiger partial charge in [0.1, 0.15) is 5.75 Å². The number of rotatable bonds is 6. The van der Waals surface area contributed by atoms with Crippen molar-refractivity contribution in [3.8, 4) is 5.75 Å². The number of aliphatic hydroxyl groups excluding tert-OH is 1. The highest BCUT2D eigenvalue weighted by molar-refractivity contribution is 5.33. The minimum atomic E-state index is -4.40. The first-order valence-electron chi connectivity index (χ1n) is 7.39. The van der Waals surface area contributed by atoms with Gasteiger partial charge in [0.05, 0.1) is 18.8 Å². The molecule has 0 saturated carbocycles. The quantitative estimate of drug-likeness (QED) is 0.829. The summed E-state index contributed by atoms with van der Waals surface area (Å²) in [5.41, 5.74) is 0.574. The van der Waals surface area contributed by atoms with Gasteiger partial charge in [-0.05, 0) is 48.6 Å². The van der Waals surface area contributed by atoms with E-state index in [9.17, 15) is 18.3 Å². The van der Waals surface area contributed by atoms with Crippen molar-refractivity contribution in [2.75, 3.05) is 7.11 Å². The van der Waals surface area contributed by atoms with E-state index >= 15 is 0 Å². The maximum absolute atomic E-state index is 12.7. The predicted molar refractivity (Wildman–Crippen MR) is 82.3 cm³/mol. The van der Waals surface area contributed by atoms with Crippen molar-refractivity contribution in [1.29, 1.82) is 0 Å². The molecule has 0 unspecified atom stereocenters. The maximum atomic E-state index is 12.7. The summed E-state index contributed by atoms with van der Waals surface area (Å²) in [6.45, 7) is 0. The molecule has 2 nitrogen and oxygen atoms in total. The molecule has 5 heteroatoms. The number of hydrogen-bond donors (Lipinski definition) is 1. The van der Waals surface area contributed by atoms with E-state index in [0.29, 0.717) is 24.8 Å². The van der Waals surface area contributed by atoms with Gasteiger partial charge in [-0.15, -0.1) is 0 Å². The molecule has 1 atom stereocenters. The molecule has 0 amide bonds. The van der Waals surface area contributed by atoms with Gasteiger partial charge in [-0.25, -0.2) is 0 Å². The highest BCUT2D eigenvalue weighted by Crippen LogP contribution is 2.31. The number of aliphatic hydroxyl groups is 1. The van der Waals surface area contributed by atoms with Gasteiger partial charge in [0.2, 0.25) is 0 Å². The molecule has 2 rings (SSSR count). The summed E-state index contributed by atoms with van der Waals surface area (Å²) in [4.78, 5) is 0. The number of hydrogen-bond acceptors (Lipinski definition) is 2. The fourth-order valence-corrected chi connectivity index (χ4v) is 2.48. The van der Waals surface area contributed by atoms with Crippen molar-refractivity contribution in [3.05, 3.63) is 65.2 Å². The molecule has 0 bridgehead atoms. The average Bonchev–Trinajstić information content (AvgIpc) is 2.54. The summed E-state index contributed by atoms with van der Waals surface area (Å²) in [7, 11) is 1.59.